The summed E-state index contributed by atoms with van der Waals surface area (Å²) >= 11 is 0. The van der Waals surface area contributed by atoms with E-state index < -0.39 is 12.2 Å². The molecule has 0 radical (unpaired) electrons. The zero-order valence-corrected chi connectivity index (χ0v) is 18.6. The van der Waals surface area contributed by atoms with Crippen LogP contribution in [0.5, 0.6) is 0 Å². The molecule has 4 rings (SSSR count). The standard InChI is InChI=1S/C25H23N5O4/c1-3-29(24(31)32)19-15-18-22(23(27-19)30(4-2)25(33)34)28-21(17-13-9-6-10-14-17)20(26-18)16-11-7-5-8-12-16/h5-15H,3-4H2,1-2H3,(H,31,32)(H,33,34)/p-2. The van der Waals surface area contributed by atoms with Gasteiger partial charge in [-0.1, -0.05) is 60.7 Å². The molecule has 2 heterocycles. The van der Waals surface area contributed by atoms with E-state index in [0.29, 0.717) is 11.4 Å². The van der Waals surface area contributed by atoms with Crippen LogP contribution in [0.3, 0.4) is 0 Å². The molecule has 0 unspecified atom stereocenters. The van der Waals surface area contributed by atoms with Gasteiger partial charge in [0.25, 0.3) is 0 Å². The van der Waals surface area contributed by atoms with Gasteiger partial charge in [-0.3, -0.25) is 0 Å². The normalized spacial score (nSPS) is 10.8. The van der Waals surface area contributed by atoms with Crippen molar-refractivity contribution in [2.75, 3.05) is 22.9 Å². The molecule has 4 aromatic rings. The van der Waals surface area contributed by atoms with Gasteiger partial charge in [-0.25, -0.2) is 15.0 Å². The van der Waals surface area contributed by atoms with Crippen molar-refractivity contribution in [2.45, 2.75) is 13.8 Å². The highest BCUT2D eigenvalue weighted by atomic mass is 16.4. The predicted molar refractivity (Wildman–Crippen MR) is 125 cm³/mol. The zero-order chi connectivity index (χ0) is 24.2. The number of nitrogens with zero attached hydrogens (tertiary/aromatic N) is 5. The van der Waals surface area contributed by atoms with Gasteiger partial charge in [0.2, 0.25) is 0 Å². The van der Waals surface area contributed by atoms with Crippen LogP contribution in [-0.4, -0.2) is 40.2 Å². The average Bonchev–Trinajstić information content (AvgIpc) is 2.85. The monoisotopic (exact) mass is 455 g/mol. The van der Waals surface area contributed by atoms with E-state index >= 15 is 0 Å². The molecule has 0 aliphatic heterocycles. The Balaban J connectivity index is 2.10. The molecule has 2 aromatic carbocycles. The first-order chi connectivity index (χ1) is 16.4. The molecule has 0 saturated heterocycles. The summed E-state index contributed by atoms with van der Waals surface area (Å²) in [7, 11) is 0. The van der Waals surface area contributed by atoms with Gasteiger partial charge in [0, 0.05) is 30.3 Å². The van der Waals surface area contributed by atoms with Gasteiger partial charge >= 0.3 is 0 Å². The number of carbonyl (C=O) groups excluding carboxylic acids is 2. The maximum Gasteiger partial charge on any atom is 0.164 e. The van der Waals surface area contributed by atoms with Crippen molar-refractivity contribution in [2.24, 2.45) is 0 Å². The SMILES string of the molecule is CCN(C(=O)[O-])c1cc2nc(-c3ccccc3)c(-c3ccccc3)nc2c(N(CC)C(=O)[O-])n1. The Morgan fingerprint density at radius 1 is 0.735 bits per heavy atom. The number of carboxylic acid groups (broad SMARTS) is 2. The number of anilines is 2. The van der Waals surface area contributed by atoms with Gasteiger partial charge in [-0.05, 0) is 13.8 Å². The Bertz CT molecular complexity index is 1350. The van der Waals surface area contributed by atoms with Gasteiger partial charge in [-0.2, -0.15) is 0 Å². The summed E-state index contributed by atoms with van der Waals surface area (Å²) in [6.45, 7) is 3.32. The molecule has 2 amide bonds. The lowest BCUT2D eigenvalue weighted by Gasteiger charge is -2.27. The van der Waals surface area contributed by atoms with Crippen LogP contribution >= 0.6 is 0 Å². The fraction of sp³-hybridized carbons (Fsp3) is 0.160. The topological polar surface area (TPSA) is 125 Å². The number of amides is 2. The quantitative estimate of drug-likeness (QED) is 0.438. The van der Waals surface area contributed by atoms with E-state index in [0.717, 1.165) is 20.9 Å². The molecular formula is C25H21N5O4-2. The maximum atomic E-state index is 11.9. The van der Waals surface area contributed by atoms with Crippen molar-refractivity contribution in [3.05, 3.63) is 66.7 Å². The molecule has 0 aliphatic carbocycles. The van der Waals surface area contributed by atoms with Crippen LogP contribution < -0.4 is 20.0 Å². The van der Waals surface area contributed by atoms with Gasteiger partial charge in [-0.15, -0.1) is 0 Å². The lowest BCUT2D eigenvalue weighted by molar-refractivity contribution is -0.247. The number of aromatic nitrogens is 3. The second-order valence-electron chi connectivity index (χ2n) is 7.34. The van der Waals surface area contributed by atoms with Crippen molar-refractivity contribution in [3.63, 3.8) is 0 Å². The molecule has 172 valence electrons. The molecule has 0 atom stereocenters. The van der Waals surface area contributed by atoms with Crippen molar-refractivity contribution in [1.29, 1.82) is 0 Å². The third kappa shape index (κ3) is 4.23. The molecule has 0 aliphatic rings. The van der Waals surface area contributed by atoms with Crippen LogP contribution in [0, 0.1) is 0 Å². The molecular weight excluding hydrogens is 434 g/mol. The third-order valence-corrected chi connectivity index (χ3v) is 5.32. The Morgan fingerprint density at radius 2 is 1.24 bits per heavy atom. The van der Waals surface area contributed by atoms with E-state index in [2.05, 4.69) is 4.98 Å². The van der Waals surface area contributed by atoms with Crippen molar-refractivity contribution >= 4 is 34.9 Å². The molecule has 9 heteroatoms. The lowest BCUT2D eigenvalue weighted by atomic mass is 10.0. The lowest BCUT2D eigenvalue weighted by Crippen LogP contribution is -2.43. The number of hydrogen-bond acceptors (Lipinski definition) is 7. The summed E-state index contributed by atoms with van der Waals surface area (Å²) in [6.07, 6.45) is -2.95. The second kappa shape index (κ2) is 9.53. The molecule has 0 fully saturated rings. The van der Waals surface area contributed by atoms with Crippen LogP contribution in [-0.2, 0) is 0 Å². The highest BCUT2D eigenvalue weighted by molar-refractivity contribution is 5.99. The number of hydrogen-bond donors (Lipinski definition) is 0. The first kappa shape index (κ1) is 22.7. The first-order valence-electron chi connectivity index (χ1n) is 10.7. The number of rotatable bonds is 6. The van der Waals surface area contributed by atoms with Gasteiger partial charge < -0.3 is 29.6 Å². The van der Waals surface area contributed by atoms with E-state index in [1.165, 1.54) is 6.07 Å². The maximum absolute atomic E-state index is 11.9. The van der Waals surface area contributed by atoms with Crippen LogP contribution in [0.15, 0.2) is 66.7 Å². The molecule has 0 spiro atoms. The number of benzene rings is 2. The molecule has 0 saturated carbocycles. The fourth-order valence-corrected chi connectivity index (χ4v) is 3.70. The van der Waals surface area contributed by atoms with Gasteiger partial charge in [0.1, 0.15) is 23.5 Å². The number of carbonyl (C=O) groups is 2. The molecule has 0 N–H and O–H groups in total. The third-order valence-electron chi connectivity index (χ3n) is 5.32. The number of pyridine rings is 1. The Labute approximate surface area is 196 Å². The van der Waals surface area contributed by atoms with E-state index in [9.17, 15) is 19.8 Å². The summed E-state index contributed by atoms with van der Waals surface area (Å²) in [4.78, 5) is 39.3. The Hall–Kier alpha value is -4.53. The zero-order valence-electron chi connectivity index (χ0n) is 18.6. The summed E-state index contributed by atoms with van der Waals surface area (Å²) in [5, 5.41) is 23.6. The van der Waals surface area contributed by atoms with Crippen molar-refractivity contribution in [3.8, 4) is 22.5 Å². The molecule has 9 nitrogen and oxygen atoms in total. The predicted octanol–water partition coefficient (Wildman–Crippen LogP) is 2.70. The van der Waals surface area contributed by atoms with Gasteiger partial charge in [0.15, 0.2) is 5.82 Å². The van der Waals surface area contributed by atoms with E-state index in [4.69, 9.17) is 9.97 Å². The van der Waals surface area contributed by atoms with Crippen molar-refractivity contribution in [1.82, 2.24) is 15.0 Å². The molecule has 34 heavy (non-hydrogen) atoms. The summed E-state index contributed by atoms with van der Waals surface area (Å²) in [5.74, 6) is -0.0653. The van der Waals surface area contributed by atoms with Crippen LogP contribution in [0.2, 0.25) is 0 Å². The summed E-state index contributed by atoms with van der Waals surface area (Å²) in [5.41, 5.74) is 3.19. The van der Waals surface area contributed by atoms with Crippen LogP contribution in [0.25, 0.3) is 33.5 Å². The average molecular weight is 455 g/mol. The molecule has 2 aromatic heterocycles. The van der Waals surface area contributed by atoms with Crippen molar-refractivity contribution < 1.29 is 19.8 Å². The second-order valence-corrected chi connectivity index (χ2v) is 7.34. The fourth-order valence-electron chi connectivity index (χ4n) is 3.70. The highest BCUT2D eigenvalue weighted by Crippen LogP contribution is 2.34. The first-order valence-corrected chi connectivity index (χ1v) is 10.7. The largest absolute Gasteiger partial charge is 0.530 e. The minimum Gasteiger partial charge on any atom is -0.530 e. The van der Waals surface area contributed by atoms with E-state index in [1.54, 1.807) is 13.8 Å². The minimum atomic E-state index is -1.49. The van der Waals surface area contributed by atoms with Gasteiger partial charge in [0.05, 0.1) is 16.9 Å². The summed E-state index contributed by atoms with van der Waals surface area (Å²) in [6, 6.07) is 20.3. The van der Waals surface area contributed by atoms with Crippen LogP contribution in [0.4, 0.5) is 21.2 Å². The smallest absolute Gasteiger partial charge is 0.164 e. The Morgan fingerprint density at radius 3 is 1.71 bits per heavy atom. The van der Waals surface area contributed by atoms with E-state index in [-0.39, 0.29) is 35.8 Å². The minimum absolute atomic E-state index is 0.00882. The Kier molecular flexibility index (Phi) is 6.35. The van der Waals surface area contributed by atoms with E-state index in [1.807, 2.05) is 60.7 Å². The van der Waals surface area contributed by atoms with Crippen LogP contribution in [0.1, 0.15) is 13.8 Å². The highest BCUT2D eigenvalue weighted by Gasteiger charge is 2.21. The number of fused-ring (bicyclic) bond motifs is 1. The molecule has 0 bridgehead atoms. The summed E-state index contributed by atoms with van der Waals surface area (Å²) < 4.78 is 0.